The molecule has 0 aliphatic heterocycles. The number of thioether (sulfide) groups is 1. The molecule has 0 bridgehead atoms. The highest BCUT2D eigenvalue weighted by atomic mass is 35.5. The van der Waals surface area contributed by atoms with E-state index < -0.39 is 0 Å². The van der Waals surface area contributed by atoms with Crippen molar-refractivity contribution in [2.45, 2.75) is 18.2 Å². The van der Waals surface area contributed by atoms with Gasteiger partial charge in [-0.1, -0.05) is 71.8 Å². The summed E-state index contributed by atoms with van der Waals surface area (Å²) in [6.07, 6.45) is 6.27. The average Bonchev–Trinajstić information content (AvgIpc) is 3.08. The minimum atomic E-state index is 0.0928. The van der Waals surface area contributed by atoms with Gasteiger partial charge in [0.1, 0.15) is 0 Å². The molecule has 1 atom stereocenters. The highest BCUT2D eigenvalue weighted by Crippen LogP contribution is 2.37. The summed E-state index contributed by atoms with van der Waals surface area (Å²) in [4.78, 5) is 4.12. The SMILES string of the molecule is S=C(Cc1ccccc1)SC(Cn1ccnc1)c1ccc(Cl)cc1Cl. The summed E-state index contributed by atoms with van der Waals surface area (Å²) in [5.41, 5.74) is 2.24. The van der Waals surface area contributed by atoms with E-state index in [1.807, 2.05) is 41.1 Å². The fourth-order valence-electron chi connectivity index (χ4n) is 2.51. The van der Waals surface area contributed by atoms with Gasteiger partial charge < -0.3 is 4.57 Å². The summed E-state index contributed by atoms with van der Waals surface area (Å²) in [7, 11) is 0. The van der Waals surface area contributed by atoms with Gasteiger partial charge in [-0.15, -0.1) is 11.8 Å². The van der Waals surface area contributed by atoms with Crippen LogP contribution in [0.15, 0.2) is 67.3 Å². The monoisotopic (exact) mass is 406 g/mol. The molecule has 2 nitrogen and oxygen atoms in total. The minimum Gasteiger partial charge on any atom is -0.336 e. The number of halogens is 2. The van der Waals surface area contributed by atoms with Crippen molar-refractivity contribution in [3.8, 4) is 0 Å². The van der Waals surface area contributed by atoms with E-state index in [4.69, 9.17) is 35.4 Å². The molecule has 3 rings (SSSR count). The lowest BCUT2D eigenvalue weighted by molar-refractivity contribution is 0.685. The number of thiocarbonyl (C=S) groups is 1. The van der Waals surface area contributed by atoms with Crippen molar-refractivity contribution >= 4 is 51.4 Å². The summed E-state index contributed by atoms with van der Waals surface area (Å²) in [6, 6.07) is 15.9. The van der Waals surface area contributed by atoms with E-state index in [0.717, 1.165) is 22.7 Å². The molecule has 0 radical (unpaired) electrons. The van der Waals surface area contributed by atoms with E-state index >= 15 is 0 Å². The summed E-state index contributed by atoms with van der Waals surface area (Å²) in [6.45, 7) is 0.737. The van der Waals surface area contributed by atoms with Gasteiger partial charge in [0, 0.05) is 35.4 Å². The van der Waals surface area contributed by atoms with Gasteiger partial charge in [-0.25, -0.2) is 4.98 Å². The molecule has 6 heteroatoms. The van der Waals surface area contributed by atoms with Crippen LogP contribution in [0, 0.1) is 0 Å². The molecule has 0 fully saturated rings. The van der Waals surface area contributed by atoms with Crippen molar-refractivity contribution < 1.29 is 0 Å². The van der Waals surface area contributed by atoms with Gasteiger partial charge in [-0.2, -0.15) is 0 Å². The average molecular weight is 407 g/mol. The lowest BCUT2D eigenvalue weighted by Crippen LogP contribution is -2.09. The largest absolute Gasteiger partial charge is 0.336 e. The number of nitrogens with zero attached hydrogens (tertiary/aromatic N) is 2. The van der Waals surface area contributed by atoms with Crippen LogP contribution in [0.2, 0.25) is 10.0 Å². The number of benzene rings is 2. The Morgan fingerprint density at radius 3 is 2.64 bits per heavy atom. The molecule has 1 unspecified atom stereocenters. The lowest BCUT2D eigenvalue weighted by Gasteiger charge is -2.19. The second kappa shape index (κ2) is 8.86. The van der Waals surface area contributed by atoms with E-state index in [2.05, 4.69) is 17.1 Å². The Kier molecular flexibility index (Phi) is 6.54. The van der Waals surface area contributed by atoms with Gasteiger partial charge in [0.05, 0.1) is 15.8 Å². The first-order valence-electron chi connectivity index (χ1n) is 7.76. The van der Waals surface area contributed by atoms with E-state index in [-0.39, 0.29) is 5.25 Å². The van der Waals surface area contributed by atoms with Crippen LogP contribution in [0.5, 0.6) is 0 Å². The fourth-order valence-corrected chi connectivity index (χ4v) is 4.78. The third kappa shape index (κ3) is 5.32. The Morgan fingerprint density at radius 1 is 1.16 bits per heavy atom. The Morgan fingerprint density at radius 2 is 1.96 bits per heavy atom. The van der Waals surface area contributed by atoms with Crippen molar-refractivity contribution in [3.05, 3.63) is 88.4 Å². The Labute approximate surface area is 167 Å². The predicted molar refractivity (Wildman–Crippen MR) is 112 cm³/mol. The molecule has 0 saturated carbocycles. The van der Waals surface area contributed by atoms with Gasteiger partial charge in [0.25, 0.3) is 0 Å². The van der Waals surface area contributed by atoms with Crippen LogP contribution < -0.4 is 0 Å². The van der Waals surface area contributed by atoms with Gasteiger partial charge in [0.2, 0.25) is 0 Å². The molecule has 25 heavy (non-hydrogen) atoms. The quantitative estimate of drug-likeness (QED) is 0.451. The molecule has 2 aromatic carbocycles. The first-order valence-corrected chi connectivity index (χ1v) is 9.80. The van der Waals surface area contributed by atoms with Crippen LogP contribution in [-0.4, -0.2) is 13.7 Å². The van der Waals surface area contributed by atoms with Gasteiger partial charge in [-0.3, -0.25) is 0 Å². The number of imidazole rings is 1. The minimum absolute atomic E-state index is 0.0928. The Balaban J connectivity index is 1.79. The summed E-state index contributed by atoms with van der Waals surface area (Å²) in [5, 5.41) is 1.38. The second-order valence-electron chi connectivity index (χ2n) is 5.57. The molecular formula is C19H16Cl2N2S2. The van der Waals surface area contributed by atoms with Crippen LogP contribution in [0.3, 0.4) is 0 Å². The molecule has 0 saturated heterocycles. The molecule has 0 N–H and O–H groups in total. The van der Waals surface area contributed by atoms with E-state index in [1.165, 1.54) is 5.56 Å². The first kappa shape index (κ1) is 18.5. The molecule has 0 aliphatic carbocycles. The van der Waals surface area contributed by atoms with Crippen molar-refractivity contribution in [2.24, 2.45) is 0 Å². The van der Waals surface area contributed by atoms with E-state index in [0.29, 0.717) is 10.0 Å². The topological polar surface area (TPSA) is 17.8 Å². The Bertz CT molecular complexity index is 836. The highest BCUT2D eigenvalue weighted by molar-refractivity contribution is 8.23. The van der Waals surface area contributed by atoms with Gasteiger partial charge in [0.15, 0.2) is 0 Å². The zero-order chi connectivity index (χ0) is 17.6. The van der Waals surface area contributed by atoms with Crippen LogP contribution in [-0.2, 0) is 13.0 Å². The maximum atomic E-state index is 6.44. The van der Waals surface area contributed by atoms with Crippen molar-refractivity contribution in [1.82, 2.24) is 9.55 Å². The first-order chi connectivity index (χ1) is 12.1. The third-order valence-electron chi connectivity index (χ3n) is 3.71. The number of aromatic nitrogens is 2. The number of rotatable bonds is 6. The maximum absolute atomic E-state index is 6.44. The standard InChI is InChI=1S/C19H16Cl2N2S2/c20-15-6-7-16(17(21)11-15)18(12-23-9-8-22-13-23)25-19(24)10-14-4-2-1-3-5-14/h1-9,11,13,18H,10,12H2. The molecular weight excluding hydrogens is 391 g/mol. The van der Waals surface area contributed by atoms with Gasteiger partial charge >= 0.3 is 0 Å². The Hall–Kier alpha value is -1.33. The predicted octanol–water partition coefficient (Wildman–Crippen LogP) is 6.23. The molecule has 0 spiro atoms. The van der Waals surface area contributed by atoms with Crippen molar-refractivity contribution in [2.75, 3.05) is 0 Å². The lowest BCUT2D eigenvalue weighted by atomic mass is 10.1. The normalized spacial score (nSPS) is 12.1. The van der Waals surface area contributed by atoms with Crippen LogP contribution in [0.25, 0.3) is 0 Å². The molecule has 1 aromatic heterocycles. The highest BCUT2D eigenvalue weighted by Gasteiger charge is 2.19. The smallest absolute Gasteiger partial charge is 0.0946 e. The maximum Gasteiger partial charge on any atom is 0.0946 e. The number of hydrogen-bond acceptors (Lipinski definition) is 3. The zero-order valence-electron chi connectivity index (χ0n) is 13.3. The molecule has 1 heterocycles. The van der Waals surface area contributed by atoms with Crippen LogP contribution in [0.4, 0.5) is 0 Å². The number of hydrogen-bond donors (Lipinski definition) is 0. The van der Waals surface area contributed by atoms with Crippen LogP contribution in [0.1, 0.15) is 16.4 Å². The summed E-state index contributed by atoms with van der Waals surface area (Å²) < 4.78 is 2.97. The van der Waals surface area contributed by atoms with Gasteiger partial charge in [-0.05, 0) is 23.3 Å². The molecule has 0 aliphatic rings. The zero-order valence-corrected chi connectivity index (χ0v) is 16.5. The summed E-state index contributed by atoms with van der Waals surface area (Å²) >= 11 is 19.8. The molecule has 128 valence electrons. The molecule has 0 amide bonds. The fraction of sp³-hybridized carbons (Fsp3) is 0.158. The third-order valence-corrected chi connectivity index (χ3v) is 5.80. The van der Waals surface area contributed by atoms with E-state index in [9.17, 15) is 0 Å². The van der Waals surface area contributed by atoms with E-state index in [1.54, 1.807) is 30.4 Å². The van der Waals surface area contributed by atoms with Crippen LogP contribution >= 0.6 is 47.2 Å². The van der Waals surface area contributed by atoms with Crippen molar-refractivity contribution in [3.63, 3.8) is 0 Å². The molecule has 3 aromatic rings. The van der Waals surface area contributed by atoms with Crippen molar-refractivity contribution in [1.29, 1.82) is 0 Å². The summed E-state index contributed by atoms with van der Waals surface area (Å²) in [5.74, 6) is 0. The second-order valence-corrected chi connectivity index (χ2v) is 8.46.